The zero-order valence-corrected chi connectivity index (χ0v) is 16.0. The third-order valence-corrected chi connectivity index (χ3v) is 4.62. The van der Waals surface area contributed by atoms with E-state index in [9.17, 15) is 4.79 Å². The monoisotopic (exact) mass is 380 g/mol. The van der Waals surface area contributed by atoms with Crippen molar-refractivity contribution in [2.45, 2.75) is 13.8 Å². The second-order valence-electron chi connectivity index (χ2n) is 5.60. The second-order valence-corrected chi connectivity index (χ2v) is 6.55. The Bertz CT molecular complexity index is 903. The van der Waals surface area contributed by atoms with E-state index < -0.39 is 0 Å². The van der Waals surface area contributed by atoms with Crippen molar-refractivity contribution in [2.24, 2.45) is 10.2 Å². The largest absolute Gasteiger partial charge is 0.372 e. The molecule has 0 aliphatic carbocycles. The number of carbonyl (C=O) groups excluding carboxylic acids is 1. The van der Waals surface area contributed by atoms with Gasteiger partial charge in [-0.05, 0) is 50.2 Å². The lowest BCUT2D eigenvalue weighted by Crippen LogP contribution is -2.21. The summed E-state index contributed by atoms with van der Waals surface area (Å²) >= 11 is 1.17. The second kappa shape index (κ2) is 9.00. The number of carbonyl (C=O) groups is 1. The van der Waals surface area contributed by atoms with Crippen LogP contribution < -0.4 is 10.2 Å². The number of rotatable bonds is 7. The number of benzene rings is 2. The topological polar surface area (TPSA) is 82.8 Å². The van der Waals surface area contributed by atoms with Gasteiger partial charge in [0.1, 0.15) is 0 Å². The fraction of sp³-hybridized carbons (Fsp3) is 0.211. The van der Waals surface area contributed by atoms with Gasteiger partial charge in [-0.3, -0.25) is 10.1 Å². The minimum Gasteiger partial charge on any atom is -0.372 e. The van der Waals surface area contributed by atoms with E-state index in [4.69, 9.17) is 0 Å². The third-order valence-electron chi connectivity index (χ3n) is 3.90. The Hall–Kier alpha value is -3.13. The van der Waals surface area contributed by atoms with Crippen LogP contribution in [-0.2, 0) is 0 Å². The number of hydrogen-bond donors (Lipinski definition) is 1. The Labute approximate surface area is 161 Å². The Morgan fingerprint density at radius 2 is 1.70 bits per heavy atom. The highest BCUT2D eigenvalue weighted by Crippen LogP contribution is 2.26. The van der Waals surface area contributed by atoms with Gasteiger partial charge in [0.05, 0.1) is 5.69 Å². The molecule has 0 aliphatic heterocycles. The standard InChI is InChI=1S/C19H20N6OS/c1-3-25(4-2)16-12-10-15(11-13-16)21-23-19-24-22-18(27-19)20-17(26)14-8-6-5-7-9-14/h5-13H,3-4H2,1-2H3,(H,20,22,26). The predicted octanol–water partition coefficient (Wildman–Crippen LogP) is 5.05. The van der Waals surface area contributed by atoms with Gasteiger partial charge >= 0.3 is 0 Å². The first kappa shape index (κ1) is 18.7. The summed E-state index contributed by atoms with van der Waals surface area (Å²) in [5, 5.41) is 19.6. The first-order valence-corrected chi connectivity index (χ1v) is 9.48. The minimum atomic E-state index is -0.234. The van der Waals surface area contributed by atoms with Gasteiger partial charge in [-0.15, -0.1) is 20.4 Å². The molecule has 2 aromatic carbocycles. The maximum absolute atomic E-state index is 12.1. The van der Waals surface area contributed by atoms with Crippen molar-refractivity contribution >= 4 is 38.9 Å². The predicted molar refractivity (Wildman–Crippen MR) is 108 cm³/mol. The van der Waals surface area contributed by atoms with Crippen molar-refractivity contribution in [1.29, 1.82) is 0 Å². The molecular formula is C19H20N6OS. The molecule has 0 spiro atoms. The fourth-order valence-electron chi connectivity index (χ4n) is 2.48. The molecule has 8 heteroatoms. The summed E-state index contributed by atoms with van der Waals surface area (Å²) < 4.78 is 0. The maximum atomic E-state index is 12.1. The smallest absolute Gasteiger partial charge is 0.257 e. The summed E-state index contributed by atoms with van der Waals surface area (Å²) in [6, 6.07) is 16.8. The van der Waals surface area contributed by atoms with Crippen LogP contribution in [0.2, 0.25) is 0 Å². The number of nitrogens with one attached hydrogen (secondary N) is 1. The SMILES string of the molecule is CCN(CC)c1ccc(N=Nc2nnc(NC(=O)c3ccccc3)s2)cc1. The summed E-state index contributed by atoms with van der Waals surface area (Å²) in [4.78, 5) is 14.4. The summed E-state index contributed by atoms with van der Waals surface area (Å²) in [5.41, 5.74) is 2.45. The van der Waals surface area contributed by atoms with Gasteiger partial charge in [0.15, 0.2) is 0 Å². The van der Waals surface area contributed by atoms with E-state index >= 15 is 0 Å². The van der Waals surface area contributed by atoms with Crippen LogP contribution in [0.25, 0.3) is 0 Å². The molecule has 1 N–H and O–H groups in total. The number of hydrogen-bond acceptors (Lipinski definition) is 7. The van der Waals surface area contributed by atoms with Crippen LogP contribution >= 0.6 is 11.3 Å². The van der Waals surface area contributed by atoms with Crippen LogP contribution in [-0.4, -0.2) is 29.2 Å². The number of azo groups is 1. The highest BCUT2D eigenvalue weighted by molar-refractivity contribution is 7.18. The van der Waals surface area contributed by atoms with Crippen LogP contribution in [0.5, 0.6) is 0 Å². The molecule has 0 fully saturated rings. The quantitative estimate of drug-likeness (QED) is 0.581. The Morgan fingerprint density at radius 1 is 1.00 bits per heavy atom. The number of nitrogens with zero attached hydrogens (tertiary/aromatic N) is 5. The van der Waals surface area contributed by atoms with E-state index in [0.29, 0.717) is 15.8 Å². The molecular weight excluding hydrogens is 360 g/mol. The van der Waals surface area contributed by atoms with Crippen LogP contribution in [0, 0.1) is 0 Å². The molecule has 0 saturated heterocycles. The Morgan fingerprint density at radius 3 is 2.37 bits per heavy atom. The van der Waals surface area contributed by atoms with Crippen molar-refractivity contribution in [3.8, 4) is 0 Å². The average molecular weight is 380 g/mol. The van der Waals surface area contributed by atoms with Crippen molar-refractivity contribution in [2.75, 3.05) is 23.3 Å². The molecule has 1 heterocycles. The van der Waals surface area contributed by atoms with Gasteiger partial charge in [-0.25, -0.2) is 0 Å². The van der Waals surface area contributed by atoms with Gasteiger partial charge < -0.3 is 4.90 Å². The number of amides is 1. The fourth-order valence-corrected chi connectivity index (χ4v) is 3.05. The number of aromatic nitrogens is 2. The van der Waals surface area contributed by atoms with Gasteiger partial charge in [-0.2, -0.15) is 0 Å². The van der Waals surface area contributed by atoms with Crippen molar-refractivity contribution in [3.63, 3.8) is 0 Å². The zero-order chi connectivity index (χ0) is 19.1. The van der Waals surface area contributed by atoms with Crippen LogP contribution in [0.3, 0.4) is 0 Å². The summed E-state index contributed by atoms with van der Waals surface area (Å²) in [7, 11) is 0. The molecule has 0 bridgehead atoms. The van der Waals surface area contributed by atoms with Crippen LogP contribution in [0.1, 0.15) is 24.2 Å². The Kier molecular flexibility index (Phi) is 6.22. The molecule has 27 heavy (non-hydrogen) atoms. The molecule has 0 atom stereocenters. The van der Waals surface area contributed by atoms with E-state index in [0.717, 1.165) is 24.5 Å². The minimum absolute atomic E-state index is 0.234. The molecule has 0 radical (unpaired) electrons. The summed E-state index contributed by atoms with van der Waals surface area (Å²) in [5.74, 6) is -0.234. The highest BCUT2D eigenvalue weighted by atomic mass is 32.1. The van der Waals surface area contributed by atoms with Gasteiger partial charge in [0.25, 0.3) is 11.0 Å². The Balaban J connectivity index is 1.62. The lowest BCUT2D eigenvalue weighted by atomic mass is 10.2. The van der Waals surface area contributed by atoms with Crippen molar-refractivity contribution < 1.29 is 4.79 Å². The lowest BCUT2D eigenvalue weighted by Gasteiger charge is -2.20. The van der Waals surface area contributed by atoms with Gasteiger partial charge in [-0.1, -0.05) is 29.5 Å². The molecule has 0 unspecified atom stereocenters. The summed E-state index contributed by atoms with van der Waals surface area (Å²) in [6.07, 6.45) is 0. The molecule has 0 saturated carbocycles. The van der Waals surface area contributed by atoms with E-state index in [1.165, 1.54) is 11.3 Å². The number of anilines is 2. The van der Waals surface area contributed by atoms with Crippen molar-refractivity contribution in [3.05, 3.63) is 60.2 Å². The first-order valence-electron chi connectivity index (χ1n) is 8.66. The third kappa shape index (κ3) is 4.95. The average Bonchev–Trinajstić information content (AvgIpc) is 3.16. The lowest BCUT2D eigenvalue weighted by molar-refractivity contribution is 0.102. The van der Waals surface area contributed by atoms with Crippen LogP contribution in [0.4, 0.5) is 21.6 Å². The van der Waals surface area contributed by atoms with E-state index in [-0.39, 0.29) is 5.91 Å². The maximum Gasteiger partial charge on any atom is 0.257 e. The van der Waals surface area contributed by atoms with Gasteiger partial charge in [0, 0.05) is 24.3 Å². The van der Waals surface area contributed by atoms with E-state index in [2.05, 4.69) is 44.5 Å². The zero-order valence-electron chi connectivity index (χ0n) is 15.2. The molecule has 3 aromatic rings. The molecule has 138 valence electrons. The first-order chi connectivity index (χ1) is 13.2. The van der Waals surface area contributed by atoms with E-state index in [1.54, 1.807) is 24.3 Å². The summed E-state index contributed by atoms with van der Waals surface area (Å²) in [6.45, 7) is 6.17. The molecule has 1 amide bonds. The van der Waals surface area contributed by atoms with Crippen molar-refractivity contribution in [1.82, 2.24) is 10.2 Å². The highest BCUT2D eigenvalue weighted by Gasteiger charge is 2.09. The molecule has 7 nitrogen and oxygen atoms in total. The molecule has 1 aromatic heterocycles. The normalized spacial score (nSPS) is 10.9. The molecule has 3 rings (SSSR count). The molecule has 0 aliphatic rings. The van der Waals surface area contributed by atoms with Crippen LogP contribution in [0.15, 0.2) is 64.8 Å². The van der Waals surface area contributed by atoms with E-state index in [1.807, 2.05) is 30.3 Å². The van der Waals surface area contributed by atoms with Gasteiger partial charge in [0.2, 0.25) is 5.13 Å².